The summed E-state index contributed by atoms with van der Waals surface area (Å²) in [5, 5.41) is 0. The van der Waals surface area contributed by atoms with Crippen molar-refractivity contribution >= 4 is 40.4 Å². The van der Waals surface area contributed by atoms with Crippen molar-refractivity contribution in [2.75, 3.05) is 31.8 Å². The molecule has 1 atom stereocenters. The quantitative estimate of drug-likeness (QED) is 0.169. The number of fused-ring (bicyclic) bond motifs is 2. The average Bonchev–Trinajstić information content (AvgIpc) is 3.73. The van der Waals surface area contributed by atoms with Crippen molar-refractivity contribution < 1.29 is 33.0 Å². The Morgan fingerprint density at radius 3 is 2.48 bits per heavy atom. The summed E-state index contributed by atoms with van der Waals surface area (Å²) >= 11 is 1.10. The van der Waals surface area contributed by atoms with Crippen LogP contribution in [0.2, 0.25) is 0 Å². The van der Waals surface area contributed by atoms with Crippen LogP contribution >= 0.6 is 11.3 Å². The minimum Gasteiger partial charge on any atom is -0.460 e. The zero-order valence-electron chi connectivity index (χ0n) is 24.1. The number of carbonyl (C=O) groups is 3. The Hall–Kier alpha value is -5.07. The Morgan fingerprint density at radius 2 is 1.77 bits per heavy atom. The number of likely N-dealkylation sites (N-methyl/N-ethyl adjacent to an activating group) is 1. The number of hydrogen-bond acceptors (Lipinski definition) is 10. The van der Waals surface area contributed by atoms with E-state index in [1.54, 1.807) is 42.2 Å². The molecule has 6 rings (SSSR count). The number of hydrogen-bond donors (Lipinski definition) is 0. The molecule has 2 aromatic carbocycles. The van der Waals surface area contributed by atoms with Gasteiger partial charge in [-0.3, -0.25) is 14.2 Å². The molecule has 2 aliphatic rings. The van der Waals surface area contributed by atoms with Crippen LogP contribution in [0.15, 0.2) is 92.4 Å². The Bertz CT molecular complexity index is 1990. The third-order valence-corrected chi connectivity index (χ3v) is 8.39. The lowest BCUT2D eigenvalue weighted by Crippen LogP contribution is -2.41. The lowest BCUT2D eigenvalue weighted by molar-refractivity contribution is -0.140. The monoisotopic (exact) mass is 613 g/mol. The number of thiazole rings is 1. The van der Waals surface area contributed by atoms with Gasteiger partial charge in [-0.15, -0.1) is 0 Å². The van der Waals surface area contributed by atoms with Gasteiger partial charge in [-0.05, 0) is 49.7 Å². The topological polar surface area (TPSA) is 130 Å². The van der Waals surface area contributed by atoms with Crippen LogP contribution in [0, 0.1) is 0 Å². The molecule has 11 nitrogen and oxygen atoms in total. The van der Waals surface area contributed by atoms with E-state index in [0.29, 0.717) is 33.7 Å². The van der Waals surface area contributed by atoms with Crippen molar-refractivity contribution in [1.29, 1.82) is 0 Å². The molecular formula is C32H27N3O8S. The second-order valence-corrected chi connectivity index (χ2v) is 10.9. The van der Waals surface area contributed by atoms with E-state index in [9.17, 15) is 19.2 Å². The molecule has 4 heterocycles. The number of ether oxygens (including phenoxy) is 3. The molecule has 4 aromatic rings. The van der Waals surface area contributed by atoms with E-state index in [0.717, 1.165) is 17.0 Å². The molecular weight excluding hydrogens is 586 g/mol. The summed E-state index contributed by atoms with van der Waals surface area (Å²) in [6.07, 6.45) is 1.37. The zero-order chi connectivity index (χ0) is 31.0. The Labute approximate surface area is 254 Å². The standard InChI is InChI=1S/C32H27N3O8S/c1-4-34-22-9-6-5-8-21(22)25(28(34)36)27-29(37)35-26(24(18(2)33-32(35)44-27)31(39)42-17-16-40-3)19-11-13-20(14-12-19)43-30(38)23-10-7-15-41-23/h5-15,26H,4,16-17H2,1-3H3/b27-25+. The fraction of sp³-hybridized carbons (Fsp3) is 0.219. The Morgan fingerprint density at radius 1 is 1.00 bits per heavy atom. The van der Waals surface area contributed by atoms with Gasteiger partial charge in [0, 0.05) is 19.2 Å². The van der Waals surface area contributed by atoms with Crippen LogP contribution in [-0.2, 0) is 19.1 Å². The van der Waals surface area contributed by atoms with Crippen molar-refractivity contribution in [3.8, 4) is 5.75 Å². The zero-order valence-corrected chi connectivity index (χ0v) is 24.9. The normalized spacial score (nSPS) is 16.8. The van der Waals surface area contributed by atoms with Crippen LogP contribution in [0.4, 0.5) is 5.69 Å². The number of esters is 2. The predicted molar refractivity (Wildman–Crippen MR) is 160 cm³/mol. The average molecular weight is 614 g/mol. The van der Waals surface area contributed by atoms with Crippen LogP contribution in [0.3, 0.4) is 0 Å². The summed E-state index contributed by atoms with van der Waals surface area (Å²) in [5.41, 5.74) is 2.32. The predicted octanol–water partition coefficient (Wildman–Crippen LogP) is 2.97. The van der Waals surface area contributed by atoms with E-state index in [2.05, 4.69) is 4.99 Å². The van der Waals surface area contributed by atoms with Gasteiger partial charge in [0.25, 0.3) is 11.5 Å². The van der Waals surface area contributed by atoms with Crippen LogP contribution in [0.25, 0.3) is 5.57 Å². The number of benzene rings is 2. The highest BCUT2D eigenvalue weighted by Crippen LogP contribution is 2.35. The molecule has 0 radical (unpaired) electrons. The summed E-state index contributed by atoms with van der Waals surface area (Å²) < 4.78 is 22.7. The Kier molecular flexibility index (Phi) is 7.85. The highest BCUT2D eigenvalue weighted by atomic mass is 32.1. The minimum absolute atomic E-state index is 0.00715. The van der Waals surface area contributed by atoms with Gasteiger partial charge in [0.05, 0.1) is 41.4 Å². The smallest absolute Gasteiger partial charge is 0.379 e. The lowest BCUT2D eigenvalue weighted by atomic mass is 9.96. The van der Waals surface area contributed by atoms with E-state index < -0.39 is 23.5 Å². The third-order valence-electron chi connectivity index (χ3n) is 7.33. The van der Waals surface area contributed by atoms with Gasteiger partial charge in [0.2, 0.25) is 5.76 Å². The summed E-state index contributed by atoms with van der Waals surface area (Å²) in [4.78, 5) is 60.2. The van der Waals surface area contributed by atoms with E-state index >= 15 is 0 Å². The number of furan rings is 1. The van der Waals surface area contributed by atoms with Crippen molar-refractivity contribution in [3.63, 3.8) is 0 Å². The molecule has 0 spiro atoms. The maximum Gasteiger partial charge on any atom is 0.379 e. The molecule has 1 amide bonds. The molecule has 0 saturated heterocycles. The fourth-order valence-electron chi connectivity index (χ4n) is 5.33. The summed E-state index contributed by atoms with van der Waals surface area (Å²) in [7, 11) is 1.50. The molecule has 0 aliphatic carbocycles. The van der Waals surface area contributed by atoms with E-state index in [1.165, 1.54) is 24.0 Å². The maximum atomic E-state index is 14.3. The second-order valence-electron chi connectivity index (χ2n) is 9.91. The highest BCUT2D eigenvalue weighted by Gasteiger charge is 2.37. The third kappa shape index (κ3) is 4.97. The SMILES string of the molecule is CCN1C(=O)/C(=c2/sc3n(c2=O)C(c2ccc(OC(=O)c4ccco4)cc2)C(C(=O)OCCOC)=C(C)N=3)c2ccccc21. The van der Waals surface area contributed by atoms with Gasteiger partial charge >= 0.3 is 11.9 Å². The van der Waals surface area contributed by atoms with Crippen molar-refractivity contribution in [2.24, 2.45) is 4.99 Å². The lowest BCUT2D eigenvalue weighted by Gasteiger charge is -2.25. The second kappa shape index (κ2) is 11.9. The van der Waals surface area contributed by atoms with Gasteiger partial charge in [-0.1, -0.05) is 41.7 Å². The number of allylic oxidation sites excluding steroid dienone is 1. The van der Waals surface area contributed by atoms with Gasteiger partial charge < -0.3 is 23.5 Å². The number of amides is 1. The molecule has 0 saturated carbocycles. The number of rotatable bonds is 8. The molecule has 0 bridgehead atoms. The maximum absolute atomic E-state index is 14.3. The number of aromatic nitrogens is 1. The highest BCUT2D eigenvalue weighted by molar-refractivity contribution is 7.07. The van der Waals surface area contributed by atoms with Gasteiger partial charge in [0.1, 0.15) is 16.9 Å². The Balaban J connectivity index is 1.49. The first-order valence-electron chi connectivity index (χ1n) is 13.8. The molecule has 1 unspecified atom stereocenters. The number of methoxy groups -OCH3 is 1. The number of para-hydroxylation sites is 1. The van der Waals surface area contributed by atoms with Crippen LogP contribution < -0.4 is 24.5 Å². The van der Waals surface area contributed by atoms with E-state index in [4.69, 9.17) is 18.6 Å². The van der Waals surface area contributed by atoms with E-state index in [-0.39, 0.29) is 40.7 Å². The molecule has 12 heteroatoms. The van der Waals surface area contributed by atoms with Crippen LogP contribution in [0.1, 0.15) is 41.6 Å². The molecule has 2 aliphatic heterocycles. The number of carbonyl (C=O) groups excluding carboxylic acids is 3. The fourth-order valence-corrected chi connectivity index (χ4v) is 6.46. The van der Waals surface area contributed by atoms with Crippen LogP contribution in [-0.4, -0.2) is 49.3 Å². The molecule has 0 N–H and O–H groups in total. The number of anilines is 1. The molecule has 2 aromatic heterocycles. The minimum atomic E-state index is -0.931. The molecule has 44 heavy (non-hydrogen) atoms. The van der Waals surface area contributed by atoms with Gasteiger partial charge in [-0.2, -0.15) is 0 Å². The first-order chi connectivity index (χ1) is 21.3. The largest absolute Gasteiger partial charge is 0.460 e. The van der Waals surface area contributed by atoms with Crippen molar-refractivity contribution in [3.05, 3.63) is 115 Å². The summed E-state index contributed by atoms with van der Waals surface area (Å²) in [6.45, 7) is 4.19. The van der Waals surface area contributed by atoms with Crippen molar-refractivity contribution in [2.45, 2.75) is 19.9 Å². The van der Waals surface area contributed by atoms with Crippen molar-refractivity contribution in [1.82, 2.24) is 4.57 Å². The number of nitrogens with zero attached hydrogens (tertiary/aromatic N) is 3. The van der Waals surface area contributed by atoms with Crippen LogP contribution in [0.5, 0.6) is 5.75 Å². The molecule has 224 valence electrons. The first-order valence-corrected chi connectivity index (χ1v) is 14.6. The van der Waals surface area contributed by atoms with E-state index in [1.807, 2.05) is 31.2 Å². The first kappa shape index (κ1) is 29.0. The van der Waals surface area contributed by atoms with Gasteiger partial charge in [0.15, 0.2) is 4.80 Å². The summed E-state index contributed by atoms with van der Waals surface area (Å²) in [5.74, 6) is -1.31. The van der Waals surface area contributed by atoms with Gasteiger partial charge in [-0.25, -0.2) is 14.6 Å². The molecule has 0 fully saturated rings. The summed E-state index contributed by atoms with van der Waals surface area (Å²) in [6, 6.07) is 15.9.